The molecule has 0 aromatic carbocycles. The standard InChI is InChI=1S/C12H16N2O/c1-10-5-7-14(8-6-10)12-4-2-3-11(9-15)13-12/h2-4,9-10H,5-8H2,1H3. The van der Waals surface area contributed by atoms with Crippen molar-refractivity contribution in [3.63, 3.8) is 0 Å². The maximum Gasteiger partial charge on any atom is 0.168 e. The quantitative estimate of drug-likeness (QED) is 0.692. The highest BCUT2D eigenvalue weighted by Crippen LogP contribution is 2.20. The average Bonchev–Trinajstić information content (AvgIpc) is 2.30. The van der Waals surface area contributed by atoms with Gasteiger partial charge in [0.05, 0.1) is 0 Å². The Labute approximate surface area is 90.1 Å². The van der Waals surface area contributed by atoms with Gasteiger partial charge in [-0.2, -0.15) is 0 Å². The molecule has 2 heterocycles. The Bertz CT molecular complexity index is 343. The topological polar surface area (TPSA) is 33.2 Å². The van der Waals surface area contributed by atoms with Gasteiger partial charge < -0.3 is 4.90 Å². The molecule has 0 atom stereocenters. The fourth-order valence-corrected chi connectivity index (χ4v) is 1.92. The molecule has 1 fully saturated rings. The Hall–Kier alpha value is -1.38. The van der Waals surface area contributed by atoms with Crippen molar-refractivity contribution in [2.45, 2.75) is 19.8 Å². The highest BCUT2D eigenvalue weighted by atomic mass is 16.1. The van der Waals surface area contributed by atoms with E-state index in [1.807, 2.05) is 12.1 Å². The monoisotopic (exact) mass is 204 g/mol. The molecule has 0 unspecified atom stereocenters. The van der Waals surface area contributed by atoms with Crippen LogP contribution in [0.3, 0.4) is 0 Å². The van der Waals surface area contributed by atoms with Crippen molar-refractivity contribution in [2.75, 3.05) is 18.0 Å². The molecule has 1 saturated heterocycles. The first-order valence-corrected chi connectivity index (χ1v) is 5.47. The van der Waals surface area contributed by atoms with Gasteiger partial charge in [-0.05, 0) is 30.9 Å². The molecule has 0 amide bonds. The van der Waals surface area contributed by atoms with Gasteiger partial charge in [-0.15, -0.1) is 0 Å². The van der Waals surface area contributed by atoms with Crippen LogP contribution in [0.5, 0.6) is 0 Å². The molecule has 0 saturated carbocycles. The van der Waals surface area contributed by atoms with E-state index in [1.165, 1.54) is 12.8 Å². The molecular formula is C12H16N2O. The highest BCUT2D eigenvalue weighted by molar-refractivity contribution is 5.72. The first-order valence-electron chi connectivity index (χ1n) is 5.47. The molecule has 1 aromatic rings. The summed E-state index contributed by atoms with van der Waals surface area (Å²) in [6.07, 6.45) is 3.23. The fraction of sp³-hybridized carbons (Fsp3) is 0.500. The molecule has 1 aromatic heterocycles. The number of carbonyl (C=O) groups is 1. The van der Waals surface area contributed by atoms with E-state index in [1.54, 1.807) is 6.07 Å². The van der Waals surface area contributed by atoms with Gasteiger partial charge in [0.1, 0.15) is 11.5 Å². The summed E-state index contributed by atoms with van der Waals surface area (Å²) >= 11 is 0. The summed E-state index contributed by atoms with van der Waals surface area (Å²) in [4.78, 5) is 17.2. The fourth-order valence-electron chi connectivity index (χ4n) is 1.92. The lowest BCUT2D eigenvalue weighted by Crippen LogP contribution is -2.33. The van der Waals surface area contributed by atoms with Crippen LogP contribution in [0.2, 0.25) is 0 Å². The SMILES string of the molecule is CC1CCN(c2cccc(C=O)n2)CC1. The number of rotatable bonds is 2. The van der Waals surface area contributed by atoms with Crippen LogP contribution in [-0.2, 0) is 0 Å². The van der Waals surface area contributed by atoms with Crippen LogP contribution < -0.4 is 4.90 Å². The largest absolute Gasteiger partial charge is 0.357 e. The summed E-state index contributed by atoms with van der Waals surface area (Å²) in [5.41, 5.74) is 0.520. The number of aldehydes is 1. The van der Waals surface area contributed by atoms with Gasteiger partial charge >= 0.3 is 0 Å². The lowest BCUT2D eigenvalue weighted by atomic mass is 9.99. The number of hydrogen-bond donors (Lipinski definition) is 0. The second-order valence-electron chi connectivity index (χ2n) is 4.21. The van der Waals surface area contributed by atoms with Gasteiger partial charge in [0.25, 0.3) is 0 Å². The van der Waals surface area contributed by atoms with Crippen molar-refractivity contribution in [3.8, 4) is 0 Å². The van der Waals surface area contributed by atoms with E-state index in [-0.39, 0.29) is 0 Å². The Balaban J connectivity index is 2.11. The minimum atomic E-state index is 0.520. The van der Waals surface area contributed by atoms with Crippen LogP contribution in [0.4, 0.5) is 5.82 Å². The van der Waals surface area contributed by atoms with Gasteiger partial charge in [0.2, 0.25) is 0 Å². The van der Waals surface area contributed by atoms with Gasteiger partial charge in [-0.25, -0.2) is 4.98 Å². The summed E-state index contributed by atoms with van der Waals surface area (Å²) in [6.45, 7) is 4.39. The number of piperidine rings is 1. The van der Waals surface area contributed by atoms with Crippen molar-refractivity contribution in [1.29, 1.82) is 0 Å². The summed E-state index contributed by atoms with van der Waals surface area (Å²) in [5.74, 6) is 1.75. The van der Waals surface area contributed by atoms with E-state index in [9.17, 15) is 4.79 Å². The molecule has 0 N–H and O–H groups in total. The zero-order chi connectivity index (χ0) is 10.7. The third kappa shape index (κ3) is 2.35. The average molecular weight is 204 g/mol. The molecule has 80 valence electrons. The zero-order valence-corrected chi connectivity index (χ0v) is 9.02. The molecule has 3 heteroatoms. The number of pyridine rings is 1. The van der Waals surface area contributed by atoms with Crippen LogP contribution in [0.15, 0.2) is 18.2 Å². The Morgan fingerprint density at radius 1 is 1.40 bits per heavy atom. The van der Waals surface area contributed by atoms with Crippen LogP contribution in [-0.4, -0.2) is 24.4 Å². The van der Waals surface area contributed by atoms with Gasteiger partial charge in [-0.3, -0.25) is 4.79 Å². The molecule has 0 aliphatic carbocycles. The maximum absolute atomic E-state index is 10.6. The summed E-state index contributed by atoms with van der Waals surface area (Å²) in [7, 11) is 0. The van der Waals surface area contributed by atoms with Gasteiger partial charge in [0.15, 0.2) is 6.29 Å². The summed E-state index contributed by atoms with van der Waals surface area (Å²) < 4.78 is 0. The third-order valence-electron chi connectivity index (χ3n) is 2.98. The first kappa shape index (κ1) is 10.1. The molecule has 0 spiro atoms. The predicted octanol–water partition coefficient (Wildman–Crippen LogP) is 2.13. The lowest BCUT2D eigenvalue weighted by molar-refractivity contribution is 0.111. The molecule has 2 rings (SSSR count). The summed E-state index contributed by atoms with van der Waals surface area (Å²) in [5, 5.41) is 0. The minimum Gasteiger partial charge on any atom is -0.357 e. The van der Waals surface area contributed by atoms with Gasteiger partial charge in [-0.1, -0.05) is 13.0 Å². The van der Waals surface area contributed by atoms with E-state index < -0.39 is 0 Å². The lowest BCUT2D eigenvalue weighted by Gasteiger charge is -2.31. The zero-order valence-electron chi connectivity index (χ0n) is 9.02. The highest BCUT2D eigenvalue weighted by Gasteiger charge is 2.16. The second kappa shape index (κ2) is 4.43. The molecule has 0 radical (unpaired) electrons. The molecule has 1 aliphatic heterocycles. The number of nitrogens with zero attached hydrogens (tertiary/aromatic N) is 2. The Kier molecular flexibility index (Phi) is 2.99. The second-order valence-corrected chi connectivity index (χ2v) is 4.21. The van der Waals surface area contributed by atoms with Crippen LogP contribution in [0, 0.1) is 5.92 Å². The maximum atomic E-state index is 10.6. The van der Waals surface area contributed by atoms with Crippen molar-refractivity contribution >= 4 is 12.1 Å². The number of anilines is 1. The van der Waals surface area contributed by atoms with E-state index in [4.69, 9.17) is 0 Å². The van der Waals surface area contributed by atoms with E-state index >= 15 is 0 Å². The van der Waals surface area contributed by atoms with Crippen molar-refractivity contribution < 1.29 is 4.79 Å². The smallest absolute Gasteiger partial charge is 0.168 e. The van der Waals surface area contributed by atoms with E-state index in [0.717, 1.165) is 31.1 Å². The van der Waals surface area contributed by atoms with E-state index in [0.29, 0.717) is 5.69 Å². The van der Waals surface area contributed by atoms with E-state index in [2.05, 4.69) is 16.8 Å². The molecule has 0 bridgehead atoms. The predicted molar refractivity (Wildman–Crippen MR) is 60.2 cm³/mol. The number of hydrogen-bond acceptors (Lipinski definition) is 3. The third-order valence-corrected chi connectivity index (χ3v) is 2.98. The summed E-state index contributed by atoms with van der Waals surface area (Å²) in [6, 6.07) is 5.61. The van der Waals surface area contributed by atoms with Crippen LogP contribution in [0.1, 0.15) is 30.3 Å². The van der Waals surface area contributed by atoms with Gasteiger partial charge in [0, 0.05) is 13.1 Å². The molecule has 15 heavy (non-hydrogen) atoms. The number of carbonyl (C=O) groups excluding carboxylic acids is 1. The van der Waals surface area contributed by atoms with Crippen LogP contribution in [0.25, 0.3) is 0 Å². The molecule has 1 aliphatic rings. The normalized spacial score (nSPS) is 17.8. The Morgan fingerprint density at radius 2 is 2.13 bits per heavy atom. The molecule has 3 nitrogen and oxygen atoms in total. The first-order chi connectivity index (χ1) is 7.29. The van der Waals surface area contributed by atoms with Crippen LogP contribution >= 0.6 is 0 Å². The van der Waals surface area contributed by atoms with Crippen molar-refractivity contribution in [3.05, 3.63) is 23.9 Å². The molecular weight excluding hydrogens is 188 g/mol. The Morgan fingerprint density at radius 3 is 2.80 bits per heavy atom. The minimum absolute atomic E-state index is 0.520. The van der Waals surface area contributed by atoms with Crippen molar-refractivity contribution in [1.82, 2.24) is 4.98 Å². The number of aromatic nitrogens is 1. The van der Waals surface area contributed by atoms with Crippen molar-refractivity contribution in [2.24, 2.45) is 5.92 Å².